The molecule has 1 rings (SSSR count). The highest BCUT2D eigenvalue weighted by atomic mass is 32.2. The molecule has 0 bridgehead atoms. The van der Waals surface area contributed by atoms with E-state index >= 15 is 0 Å². The third-order valence-electron chi connectivity index (χ3n) is 2.43. The zero-order valence-corrected chi connectivity index (χ0v) is 11.5. The third-order valence-corrected chi connectivity index (χ3v) is 4.52. The lowest BCUT2D eigenvalue weighted by Crippen LogP contribution is -2.41. The van der Waals surface area contributed by atoms with E-state index in [4.69, 9.17) is 0 Å². The second-order valence-corrected chi connectivity index (χ2v) is 5.72. The van der Waals surface area contributed by atoms with Crippen LogP contribution in [0.5, 0.6) is 0 Å². The standard InChI is InChI=1S/C9H19N5O2S/c1-5-14(6-2)17(15,16)13(4)7-9-10-8(3)11-12-9/h5-7H2,1-4H3,(H,10,11,12). The Morgan fingerprint density at radius 3 is 2.29 bits per heavy atom. The Bertz CT molecular complexity index is 452. The molecule has 0 aliphatic heterocycles. The normalized spacial score (nSPS) is 12.6. The molecule has 1 heterocycles. The van der Waals surface area contributed by atoms with E-state index < -0.39 is 10.2 Å². The fraction of sp³-hybridized carbons (Fsp3) is 0.778. The number of rotatable bonds is 6. The molecular formula is C9H19N5O2S. The topological polar surface area (TPSA) is 82.2 Å². The molecule has 0 aliphatic carbocycles. The third kappa shape index (κ3) is 3.24. The Kier molecular flexibility index (Phi) is 4.61. The largest absolute Gasteiger partial charge is 0.282 e. The summed E-state index contributed by atoms with van der Waals surface area (Å²) in [4.78, 5) is 4.08. The summed E-state index contributed by atoms with van der Waals surface area (Å²) in [5.74, 6) is 1.15. The number of aromatic amines is 1. The van der Waals surface area contributed by atoms with Crippen LogP contribution in [0.1, 0.15) is 25.5 Å². The van der Waals surface area contributed by atoms with Crippen LogP contribution in [0.2, 0.25) is 0 Å². The Morgan fingerprint density at radius 2 is 1.88 bits per heavy atom. The molecule has 0 saturated heterocycles. The van der Waals surface area contributed by atoms with Crippen LogP contribution in [-0.4, -0.2) is 52.3 Å². The first-order valence-corrected chi connectivity index (χ1v) is 6.90. The minimum atomic E-state index is -3.42. The summed E-state index contributed by atoms with van der Waals surface area (Å²) in [6, 6.07) is 0. The van der Waals surface area contributed by atoms with E-state index in [1.165, 1.54) is 15.7 Å². The Hall–Kier alpha value is -0.990. The van der Waals surface area contributed by atoms with Crippen LogP contribution < -0.4 is 0 Å². The zero-order chi connectivity index (χ0) is 13.1. The number of H-pyrrole nitrogens is 1. The summed E-state index contributed by atoms with van der Waals surface area (Å²) >= 11 is 0. The van der Waals surface area contributed by atoms with E-state index in [2.05, 4.69) is 15.2 Å². The lowest BCUT2D eigenvalue weighted by atomic mass is 10.6. The van der Waals surface area contributed by atoms with Gasteiger partial charge < -0.3 is 0 Å². The lowest BCUT2D eigenvalue weighted by Gasteiger charge is -2.24. The van der Waals surface area contributed by atoms with E-state index in [0.29, 0.717) is 24.7 Å². The van der Waals surface area contributed by atoms with Crippen LogP contribution in [0.15, 0.2) is 0 Å². The van der Waals surface area contributed by atoms with Crippen molar-refractivity contribution in [1.29, 1.82) is 0 Å². The zero-order valence-electron chi connectivity index (χ0n) is 10.6. The van der Waals surface area contributed by atoms with E-state index in [9.17, 15) is 8.42 Å². The molecule has 0 aromatic carbocycles. The first-order chi connectivity index (χ1) is 7.91. The minimum Gasteiger partial charge on any atom is -0.263 e. The number of aromatic nitrogens is 3. The van der Waals surface area contributed by atoms with Gasteiger partial charge in [0.05, 0.1) is 6.54 Å². The second kappa shape index (κ2) is 5.56. The van der Waals surface area contributed by atoms with Gasteiger partial charge in [0.2, 0.25) is 0 Å². The van der Waals surface area contributed by atoms with Gasteiger partial charge in [-0.1, -0.05) is 13.8 Å². The maximum absolute atomic E-state index is 12.1. The van der Waals surface area contributed by atoms with Gasteiger partial charge >= 0.3 is 0 Å². The summed E-state index contributed by atoms with van der Waals surface area (Å²) in [7, 11) is -1.89. The van der Waals surface area contributed by atoms with Gasteiger partial charge in [-0.15, -0.1) is 0 Å². The van der Waals surface area contributed by atoms with Crippen molar-refractivity contribution in [1.82, 2.24) is 23.8 Å². The highest BCUT2D eigenvalue weighted by Gasteiger charge is 2.25. The predicted molar refractivity (Wildman–Crippen MR) is 64.4 cm³/mol. The van der Waals surface area contributed by atoms with Crippen molar-refractivity contribution >= 4 is 10.2 Å². The number of hydrogen-bond acceptors (Lipinski definition) is 4. The second-order valence-electron chi connectivity index (χ2n) is 3.69. The van der Waals surface area contributed by atoms with E-state index in [1.807, 2.05) is 13.8 Å². The van der Waals surface area contributed by atoms with Crippen molar-refractivity contribution in [2.24, 2.45) is 0 Å². The van der Waals surface area contributed by atoms with E-state index in [-0.39, 0.29) is 6.54 Å². The lowest BCUT2D eigenvalue weighted by molar-refractivity contribution is 0.371. The van der Waals surface area contributed by atoms with Gasteiger partial charge in [0, 0.05) is 20.1 Å². The molecule has 0 spiro atoms. The van der Waals surface area contributed by atoms with Gasteiger partial charge in [0.1, 0.15) is 5.82 Å². The van der Waals surface area contributed by atoms with E-state index in [0.717, 1.165) is 0 Å². The summed E-state index contributed by atoms with van der Waals surface area (Å²) in [5.41, 5.74) is 0. The van der Waals surface area contributed by atoms with Gasteiger partial charge in [-0.3, -0.25) is 5.10 Å². The summed E-state index contributed by atoms with van der Waals surface area (Å²) in [6.07, 6.45) is 0. The molecule has 98 valence electrons. The molecule has 0 fully saturated rings. The van der Waals surface area contributed by atoms with Gasteiger partial charge in [-0.25, -0.2) is 4.98 Å². The van der Waals surface area contributed by atoms with Gasteiger partial charge in [0.15, 0.2) is 5.82 Å². The van der Waals surface area contributed by atoms with Crippen LogP contribution in [-0.2, 0) is 16.8 Å². The first-order valence-electron chi connectivity index (χ1n) is 5.51. The maximum Gasteiger partial charge on any atom is 0.282 e. The van der Waals surface area contributed by atoms with Crippen molar-refractivity contribution in [3.8, 4) is 0 Å². The average molecular weight is 261 g/mol. The number of hydrogen-bond donors (Lipinski definition) is 1. The molecule has 0 saturated carbocycles. The van der Waals surface area contributed by atoms with Crippen LogP contribution in [0.4, 0.5) is 0 Å². The highest BCUT2D eigenvalue weighted by Crippen LogP contribution is 2.08. The monoisotopic (exact) mass is 261 g/mol. The fourth-order valence-electron chi connectivity index (χ4n) is 1.49. The predicted octanol–water partition coefficient (Wildman–Crippen LogP) is 0.132. The molecule has 7 nitrogen and oxygen atoms in total. The quantitative estimate of drug-likeness (QED) is 0.789. The molecule has 17 heavy (non-hydrogen) atoms. The molecule has 0 aliphatic rings. The SMILES string of the molecule is CCN(CC)S(=O)(=O)N(C)Cc1n[nH]c(C)n1. The van der Waals surface area contributed by atoms with Crippen molar-refractivity contribution in [3.63, 3.8) is 0 Å². The Balaban J connectivity index is 2.79. The van der Waals surface area contributed by atoms with Crippen molar-refractivity contribution in [2.75, 3.05) is 20.1 Å². The summed E-state index contributed by atoms with van der Waals surface area (Å²) in [5, 5.41) is 6.61. The van der Waals surface area contributed by atoms with Crippen LogP contribution in [0.3, 0.4) is 0 Å². The van der Waals surface area contributed by atoms with Crippen LogP contribution in [0, 0.1) is 6.92 Å². The fourth-order valence-corrected chi connectivity index (χ4v) is 2.81. The van der Waals surface area contributed by atoms with Crippen molar-refractivity contribution < 1.29 is 8.42 Å². The molecular weight excluding hydrogens is 242 g/mol. The van der Waals surface area contributed by atoms with Crippen LogP contribution in [0.25, 0.3) is 0 Å². The summed E-state index contributed by atoms with van der Waals surface area (Å²) < 4.78 is 26.8. The highest BCUT2D eigenvalue weighted by molar-refractivity contribution is 7.86. The molecule has 1 N–H and O–H groups in total. The smallest absolute Gasteiger partial charge is 0.263 e. The minimum absolute atomic E-state index is 0.170. The van der Waals surface area contributed by atoms with E-state index in [1.54, 1.807) is 6.92 Å². The van der Waals surface area contributed by atoms with Gasteiger partial charge in [-0.2, -0.15) is 22.1 Å². The summed E-state index contributed by atoms with van der Waals surface area (Å²) in [6.45, 7) is 6.47. The molecule has 1 aromatic rings. The maximum atomic E-state index is 12.1. The number of aryl methyl sites for hydroxylation is 1. The Labute approximate surface area is 102 Å². The Morgan fingerprint density at radius 1 is 1.29 bits per heavy atom. The molecule has 0 radical (unpaired) electrons. The molecule has 0 unspecified atom stereocenters. The molecule has 0 atom stereocenters. The number of nitrogens with one attached hydrogen (secondary N) is 1. The first kappa shape index (κ1) is 14.1. The van der Waals surface area contributed by atoms with Crippen molar-refractivity contribution in [2.45, 2.75) is 27.3 Å². The molecule has 0 amide bonds. The van der Waals surface area contributed by atoms with Crippen LogP contribution >= 0.6 is 0 Å². The molecule has 8 heteroatoms. The number of nitrogens with zero attached hydrogens (tertiary/aromatic N) is 4. The van der Waals surface area contributed by atoms with Gasteiger partial charge in [0.25, 0.3) is 10.2 Å². The van der Waals surface area contributed by atoms with Crippen molar-refractivity contribution in [3.05, 3.63) is 11.6 Å². The van der Waals surface area contributed by atoms with Gasteiger partial charge in [-0.05, 0) is 6.92 Å². The molecule has 1 aromatic heterocycles. The average Bonchev–Trinajstić information content (AvgIpc) is 2.65.